The predicted octanol–water partition coefficient (Wildman–Crippen LogP) is 0.938. The van der Waals surface area contributed by atoms with Crippen molar-refractivity contribution in [2.45, 2.75) is 49.7 Å². The molecule has 1 aromatic rings. The summed E-state index contributed by atoms with van der Waals surface area (Å²) in [6.45, 7) is 2.82. The first-order valence-corrected chi connectivity index (χ1v) is 8.60. The van der Waals surface area contributed by atoms with E-state index in [1.165, 1.54) is 11.1 Å². The van der Waals surface area contributed by atoms with Crippen LogP contribution in [-0.2, 0) is 21.5 Å². The van der Waals surface area contributed by atoms with Gasteiger partial charge in [0.1, 0.15) is 12.0 Å². The van der Waals surface area contributed by atoms with Gasteiger partial charge in [-0.25, -0.2) is 0 Å². The van der Waals surface area contributed by atoms with E-state index in [0.29, 0.717) is 13.0 Å². The van der Waals surface area contributed by atoms with E-state index in [9.17, 15) is 9.90 Å². The lowest BCUT2D eigenvalue weighted by molar-refractivity contribution is -0.143. The molecule has 1 aromatic carbocycles. The number of hydrogen-bond acceptors (Lipinski definition) is 5. The maximum Gasteiger partial charge on any atom is 0.308 e. The number of fused-ring (bicyclic) bond motifs is 6. The molecule has 6 unspecified atom stereocenters. The molecule has 3 saturated heterocycles. The van der Waals surface area contributed by atoms with Gasteiger partial charge in [0.25, 0.3) is 0 Å². The van der Waals surface area contributed by atoms with Crippen molar-refractivity contribution in [1.82, 2.24) is 10.2 Å². The molecule has 6 nitrogen and oxygen atoms in total. The van der Waals surface area contributed by atoms with Gasteiger partial charge in [-0.3, -0.25) is 9.69 Å². The second-order valence-electron chi connectivity index (χ2n) is 7.63. The van der Waals surface area contributed by atoms with E-state index in [-0.39, 0.29) is 35.8 Å². The molecule has 2 N–H and O–H groups in total. The van der Waals surface area contributed by atoms with Gasteiger partial charge in [0.05, 0.1) is 25.2 Å². The normalized spacial score (nSPS) is 42.5. The predicted molar refractivity (Wildman–Crippen MR) is 85.9 cm³/mol. The highest BCUT2D eigenvalue weighted by atomic mass is 16.5. The van der Waals surface area contributed by atoms with E-state index in [0.717, 1.165) is 12.2 Å². The summed E-state index contributed by atoms with van der Waals surface area (Å²) in [4.78, 5) is 14.2. The lowest BCUT2D eigenvalue weighted by atomic mass is 9.76. The molecule has 5 rings (SSSR count). The summed E-state index contributed by atoms with van der Waals surface area (Å²) >= 11 is 0. The first-order valence-electron chi connectivity index (χ1n) is 8.60. The minimum Gasteiger partial charge on any atom is -0.496 e. The lowest BCUT2D eigenvalue weighted by Gasteiger charge is -2.52. The monoisotopic (exact) mass is 330 g/mol. The number of nitrogens with one attached hydrogen (secondary N) is 1. The van der Waals surface area contributed by atoms with E-state index in [4.69, 9.17) is 9.47 Å². The zero-order valence-corrected chi connectivity index (χ0v) is 13.9. The second-order valence-corrected chi connectivity index (χ2v) is 7.63. The number of carbonyl (C=O) groups is 1. The van der Waals surface area contributed by atoms with Crippen LogP contribution in [0.15, 0.2) is 18.2 Å². The molecule has 0 aromatic heterocycles. The molecule has 2 bridgehead atoms. The van der Waals surface area contributed by atoms with E-state index in [2.05, 4.69) is 23.2 Å². The summed E-state index contributed by atoms with van der Waals surface area (Å²) < 4.78 is 11.8. The number of hydrogen-bond donors (Lipinski definition) is 2. The van der Waals surface area contributed by atoms with Crippen LogP contribution in [0.5, 0.6) is 5.75 Å². The zero-order chi connectivity index (χ0) is 16.6. The molecular weight excluding hydrogens is 308 g/mol. The van der Waals surface area contributed by atoms with E-state index < -0.39 is 5.97 Å². The summed E-state index contributed by atoms with van der Waals surface area (Å²) in [6, 6.07) is 6.38. The Balaban J connectivity index is 1.67. The number of aliphatic carboxylic acids is 1. The molecule has 24 heavy (non-hydrogen) atoms. The quantitative estimate of drug-likeness (QED) is 0.841. The SMILES string of the molecule is COc1cccc2c1C1(C)COC3C4CC(C(=O)O)C(N4)C(C2)N31. The van der Waals surface area contributed by atoms with Crippen molar-refractivity contribution < 1.29 is 19.4 Å². The molecule has 3 fully saturated rings. The molecule has 0 saturated carbocycles. The largest absolute Gasteiger partial charge is 0.496 e. The van der Waals surface area contributed by atoms with Gasteiger partial charge in [-0.2, -0.15) is 0 Å². The molecule has 0 radical (unpaired) electrons. The van der Waals surface area contributed by atoms with Crippen molar-refractivity contribution in [2.75, 3.05) is 13.7 Å². The molecule has 4 aliphatic rings. The number of methoxy groups -OCH3 is 1. The highest BCUT2D eigenvalue weighted by Crippen LogP contribution is 2.53. The van der Waals surface area contributed by atoms with Gasteiger partial charge >= 0.3 is 5.97 Å². The number of rotatable bonds is 2. The van der Waals surface area contributed by atoms with Crippen LogP contribution in [0.2, 0.25) is 0 Å². The highest BCUT2D eigenvalue weighted by molar-refractivity contribution is 5.72. The highest BCUT2D eigenvalue weighted by Gasteiger charge is 2.63. The average Bonchev–Trinajstić information content (AvgIpc) is 3.12. The molecule has 0 spiro atoms. The standard InChI is InChI=1S/C18H22N2O4/c1-18-8-24-16-11-7-10(17(21)22)15(19-11)12(20(16)18)6-9-4-3-5-13(23-2)14(9)18/h3-5,10-12,15-16,19H,6-8H2,1-2H3,(H,21,22). The fraction of sp³-hybridized carbons (Fsp3) is 0.611. The van der Waals surface area contributed by atoms with Crippen molar-refractivity contribution in [1.29, 1.82) is 0 Å². The van der Waals surface area contributed by atoms with Gasteiger partial charge in [0.15, 0.2) is 0 Å². The van der Waals surface area contributed by atoms with E-state index >= 15 is 0 Å². The molecule has 6 atom stereocenters. The first-order chi connectivity index (χ1) is 11.5. The van der Waals surface area contributed by atoms with Crippen molar-refractivity contribution >= 4 is 5.97 Å². The Morgan fingerprint density at radius 2 is 2.33 bits per heavy atom. The van der Waals surface area contributed by atoms with Crippen molar-refractivity contribution in [2.24, 2.45) is 5.92 Å². The van der Waals surface area contributed by atoms with Gasteiger partial charge < -0.3 is 19.9 Å². The van der Waals surface area contributed by atoms with Gasteiger partial charge in [0, 0.05) is 23.7 Å². The zero-order valence-electron chi connectivity index (χ0n) is 13.9. The van der Waals surface area contributed by atoms with E-state index in [1.54, 1.807) is 7.11 Å². The maximum atomic E-state index is 11.7. The van der Waals surface area contributed by atoms with E-state index in [1.807, 2.05) is 12.1 Å². The lowest BCUT2D eigenvalue weighted by Crippen LogP contribution is -2.68. The van der Waals surface area contributed by atoms with Crippen LogP contribution in [0.4, 0.5) is 0 Å². The third kappa shape index (κ3) is 1.64. The Bertz CT molecular complexity index is 723. The number of piperazine rings is 1. The van der Waals surface area contributed by atoms with Gasteiger partial charge in [-0.1, -0.05) is 12.1 Å². The Morgan fingerprint density at radius 1 is 1.50 bits per heavy atom. The van der Waals surface area contributed by atoms with Crippen LogP contribution in [0.1, 0.15) is 24.5 Å². The summed E-state index contributed by atoms with van der Waals surface area (Å²) in [5.74, 6) is -0.140. The fourth-order valence-corrected chi connectivity index (χ4v) is 5.59. The fourth-order valence-electron chi connectivity index (χ4n) is 5.59. The molecule has 6 heteroatoms. The van der Waals surface area contributed by atoms with Gasteiger partial charge in [-0.15, -0.1) is 0 Å². The van der Waals surface area contributed by atoms with Crippen molar-refractivity contribution in [3.05, 3.63) is 29.3 Å². The summed E-state index contributed by atoms with van der Waals surface area (Å²) in [5, 5.41) is 13.2. The Labute approximate surface area is 140 Å². The number of ether oxygens (including phenoxy) is 2. The van der Waals surface area contributed by atoms with Crippen LogP contribution in [-0.4, -0.2) is 54.0 Å². The minimum absolute atomic E-state index is 0.0240. The van der Waals surface area contributed by atoms with Crippen molar-refractivity contribution in [3.8, 4) is 5.75 Å². The van der Waals surface area contributed by atoms with Crippen LogP contribution in [0.3, 0.4) is 0 Å². The summed E-state index contributed by atoms with van der Waals surface area (Å²) in [6.07, 6.45) is 1.41. The smallest absolute Gasteiger partial charge is 0.308 e. The Hall–Kier alpha value is -1.63. The second kappa shape index (κ2) is 4.71. The summed E-state index contributed by atoms with van der Waals surface area (Å²) in [5.41, 5.74) is 2.19. The first kappa shape index (κ1) is 14.7. The van der Waals surface area contributed by atoms with Gasteiger partial charge in [0.2, 0.25) is 0 Å². The van der Waals surface area contributed by atoms with Crippen LogP contribution >= 0.6 is 0 Å². The van der Waals surface area contributed by atoms with Crippen LogP contribution < -0.4 is 10.1 Å². The number of benzene rings is 1. The number of carboxylic acid groups (broad SMARTS) is 1. The molecule has 128 valence electrons. The van der Waals surface area contributed by atoms with Crippen molar-refractivity contribution in [3.63, 3.8) is 0 Å². The Kier molecular flexibility index (Phi) is 2.89. The molecule has 4 aliphatic heterocycles. The topological polar surface area (TPSA) is 71.0 Å². The summed E-state index contributed by atoms with van der Waals surface area (Å²) in [7, 11) is 1.71. The number of nitrogens with zero attached hydrogens (tertiary/aromatic N) is 1. The average molecular weight is 330 g/mol. The van der Waals surface area contributed by atoms with Crippen LogP contribution in [0, 0.1) is 5.92 Å². The third-order valence-electron chi connectivity index (χ3n) is 6.46. The molecule has 4 heterocycles. The minimum atomic E-state index is -0.700. The third-order valence-corrected chi connectivity index (χ3v) is 6.46. The maximum absolute atomic E-state index is 11.7. The Morgan fingerprint density at radius 3 is 3.08 bits per heavy atom. The van der Waals surface area contributed by atoms with Crippen LogP contribution in [0.25, 0.3) is 0 Å². The molecule has 0 aliphatic carbocycles. The molecule has 0 amide bonds. The van der Waals surface area contributed by atoms with Gasteiger partial charge in [-0.05, 0) is 31.4 Å². The number of carboxylic acids is 1. The molecular formula is C18H22N2O4.